The molecule has 1 aromatic heterocycles. The molecule has 0 saturated carbocycles. The molecule has 7 nitrogen and oxygen atoms in total. The Morgan fingerprint density at radius 3 is 2.34 bits per heavy atom. The van der Waals surface area contributed by atoms with Crippen LogP contribution in [0.25, 0.3) is 10.2 Å². The van der Waals surface area contributed by atoms with E-state index in [-0.39, 0.29) is 10.8 Å². The van der Waals surface area contributed by atoms with Gasteiger partial charge in [0.1, 0.15) is 0 Å². The second-order valence-electron chi connectivity index (χ2n) is 8.22. The number of nitrogens with zero attached hydrogens (tertiary/aromatic N) is 4. The Kier molecular flexibility index (Phi) is 6.52. The van der Waals surface area contributed by atoms with Gasteiger partial charge in [-0.25, -0.2) is 13.4 Å². The van der Waals surface area contributed by atoms with Gasteiger partial charge in [-0.2, -0.15) is 0 Å². The third-order valence-corrected chi connectivity index (χ3v) is 9.43. The van der Waals surface area contributed by atoms with E-state index < -0.39 is 10.0 Å². The van der Waals surface area contributed by atoms with Gasteiger partial charge in [0.05, 0.1) is 20.8 Å². The number of amides is 1. The predicted molar refractivity (Wildman–Crippen MR) is 144 cm³/mol. The van der Waals surface area contributed by atoms with Crippen LogP contribution in [-0.4, -0.2) is 57.4 Å². The number of hydrogen-bond donors (Lipinski definition) is 0. The van der Waals surface area contributed by atoms with E-state index in [4.69, 9.17) is 4.98 Å². The standard InChI is InChI=1S/C25H23BrN4O3S2/c1-28(20-5-3-2-4-6-20)35(32,33)21-10-7-18(8-11-21)24(31)29-13-15-30(16-14-29)25-27-22-12-9-19(26)17-23(22)34-25/h2-12,17H,13-16H2,1H3. The topological polar surface area (TPSA) is 73.8 Å². The molecule has 0 radical (unpaired) electrons. The van der Waals surface area contributed by atoms with Gasteiger partial charge in [0.2, 0.25) is 0 Å². The Bertz CT molecular complexity index is 1470. The molecule has 180 valence electrons. The maximum atomic E-state index is 13.1. The highest BCUT2D eigenvalue weighted by Gasteiger charge is 2.25. The largest absolute Gasteiger partial charge is 0.345 e. The molecule has 4 aromatic rings. The second kappa shape index (κ2) is 9.60. The van der Waals surface area contributed by atoms with Gasteiger partial charge in [-0.1, -0.05) is 45.5 Å². The van der Waals surface area contributed by atoms with E-state index in [0.717, 1.165) is 19.8 Å². The number of fused-ring (bicyclic) bond motifs is 1. The van der Waals surface area contributed by atoms with Gasteiger partial charge in [0.25, 0.3) is 15.9 Å². The van der Waals surface area contributed by atoms with Crippen molar-refractivity contribution in [3.63, 3.8) is 0 Å². The van der Waals surface area contributed by atoms with Crippen molar-refractivity contribution in [1.29, 1.82) is 0 Å². The Hall–Kier alpha value is -2.95. The number of para-hydroxylation sites is 1. The van der Waals surface area contributed by atoms with Crippen LogP contribution in [0.15, 0.2) is 82.2 Å². The number of anilines is 2. The third-order valence-electron chi connectivity index (χ3n) is 6.06. The molecule has 0 unspecified atom stereocenters. The maximum Gasteiger partial charge on any atom is 0.264 e. The fourth-order valence-corrected chi connectivity index (χ4v) is 6.77. The van der Waals surface area contributed by atoms with Crippen molar-refractivity contribution >= 4 is 64.2 Å². The molecular weight excluding hydrogens is 548 g/mol. The summed E-state index contributed by atoms with van der Waals surface area (Å²) in [5, 5.41) is 0.960. The minimum Gasteiger partial charge on any atom is -0.345 e. The van der Waals surface area contributed by atoms with Crippen molar-refractivity contribution in [2.24, 2.45) is 0 Å². The van der Waals surface area contributed by atoms with Crippen molar-refractivity contribution in [1.82, 2.24) is 9.88 Å². The molecule has 1 amide bonds. The lowest BCUT2D eigenvalue weighted by Gasteiger charge is -2.34. The van der Waals surface area contributed by atoms with Gasteiger partial charge < -0.3 is 9.80 Å². The van der Waals surface area contributed by atoms with E-state index >= 15 is 0 Å². The SMILES string of the molecule is CN(c1ccccc1)S(=O)(=O)c1ccc(C(=O)N2CCN(c3nc4ccc(Br)cc4s3)CC2)cc1. The Balaban J connectivity index is 1.25. The van der Waals surface area contributed by atoms with Crippen molar-refractivity contribution in [3.8, 4) is 0 Å². The minimum absolute atomic E-state index is 0.0988. The summed E-state index contributed by atoms with van der Waals surface area (Å²) >= 11 is 5.15. The number of aromatic nitrogens is 1. The van der Waals surface area contributed by atoms with E-state index in [2.05, 4.69) is 26.9 Å². The number of rotatable bonds is 5. The summed E-state index contributed by atoms with van der Waals surface area (Å²) in [6.45, 7) is 2.55. The first-order valence-corrected chi connectivity index (χ1v) is 14.1. The average Bonchev–Trinajstić information content (AvgIpc) is 3.32. The fourth-order valence-electron chi connectivity index (χ4n) is 4.01. The molecule has 0 bridgehead atoms. The lowest BCUT2D eigenvalue weighted by atomic mass is 10.2. The zero-order valence-electron chi connectivity index (χ0n) is 19.0. The lowest BCUT2D eigenvalue weighted by molar-refractivity contribution is 0.0746. The molecular formula is C25H23BrN4O3S2. The van der Waals surface area contributed by atoms with Crippen LogP contribution < -0.4 is 9.21 Å². The van der Waals surface area contributed by atoms with E-state index in [9.17, 15) is 13.2 Å². The summed E-state index contributed by atoms with van der Waals surface area (Å²) in [5.74, 6) is -0.0988. The normalized spacial score (nSPS) is 14.3. The molecule has 1 aliphatic rings. The first-order valence-electron chi connectivity index (χ1n) is 11.1. The summed E-state index contributed by atoms with van der Waals surface area (Å²) in [7, 11) is -2.20. The molecule has 0 N–H and O–H groups in total. The van der Waals surface area contributed by atoms with Crippen LogP contribution >= 0.6 is 27.3 Å². The minimum atomic E-state index is -3.72. The van der Waals surface area contributed by atoms with Gasteiger partial charge in [0, 0.05) is 43.3 Å². The van der Waals surface area contributed by atoms with E-state index in [1.54, 1.807) is 52.6 Å². The number of carbonyl (C=O) groups is 1. The van der Waals surface area contributed by atoms with E-state index in [0.29, 0.717) is 37.4 Å². The second-order valence-corrected chi connectivity index (χ2v) is 12.1. The number of sulfonamides is 1. The molecule has 2 heterocycles. The number of carbonyl (C=O) groups excluding carboxylic acids is 1. The Labute approximate surface area is 216 Å². The molecule has 10 heteroatoms. The monoisotopic (exact) mass is 570 g/mol. The zero-order valence-corrected chi connectivity index (χ0v) is 22.2. The highest BCUT2D eigenvalue weighted by molar-refractivity contribution is 9.10. The van der Waals surface area contributed by atoms with Crippen LogP contribution in [0.2, 0.25) is 0 Å². The average molecular weight is 572 g/mol. The highest BCUT2D eigenvalue weighted by atomic mass is 79.9. The fraction of sp³-hybridized carbons (Fsp3) is 0.200. The highest BCUT2D eigenvalue weighted by Crippen LogP contribution is 2.31. The van der Waals surface area contributed by atoms with E-state index in [1.807, 2.05) is 18.2 Å². The Morgan fingerprint density at radius 2 is 1.66 bits per heavy atom. The van der Waals surface area contributed by atoms with Crippen LogP contribution in [0.1, 0.15) is 10.4 Å². The van der Waals surface area contributed by atoms with Gasteiger partial charge >= 0.3 is 0 Å². The molecule has 35 heavy (non-hydrogen) atoms. The summed E-state index contributed by atoms with van der Waals surface area (Å²) < 4.78 is 29.4. The predicted octanol–water partition coefficient (Wildman–Crippen LogP) is 4.85. The summed E-state index contributed by atoms with van der Waals surface area (Å²) in [6.07, 6.45) is 0. The van der Waals surface area contributed by atoms with Gasteiger partial charge in [-0.15, -0.1) is 0 Å². The number of benzene rings is 3. The smallest absolute Gasteiger partial charge is 0.264 e. The molecule has 3 aromatic carbocycles. The van der Waals surface area contributed by atoms with Crippen LogP contribution in [0.4, 0.5) is 10.8 Å². The van der Waals surface area contributed by atoms with Crippen molar-refractivity contribution in [2.45, 2.75) is 4.90 Å². The molecule has 0 aliphatic carbocycles. The summed E-state index contributed by atoms with van der Waals surface area (Å²) in [6, 6.07) is 21.1. The number of halogens is 1. The molecule has 0 atom stereocenters. The zero-order chi connectivity index (χ0) is 24.6. The summed E-state index contributed by atoms with van der Waals surface area (Å²) in [5.41, 5.74) is 2.02. The first kappa shape index (κ1) is 23.8. The molecule has 5 rings (SSSR count). The lowest BCUT2D eigenvalue weighted by Crippen LogP contribution is -2.48. The molecule has 1 fully saturated rings. The van der Waals surface area contributed by atoms with E-state index in [1.165, 1.54) is 23.5 Å². The van der Waals surface area contributed by atoms with Crippen molar-refractivity contribution in [2.75, 3.05) is 42.4 Å². The van der Waals surface area contributed by atoms with Crippen LogP contribution in [0.5, 0.6) is 0 Å². The third kappa shape index (κ3) is 4.78. The Morgan fingerprint density at radius 1 is 0.971 bits per heavy atom. The molecule has 0 spiro atoms. The first-order chi connectivity index (χ1) is 16.8. The van der Waals surface area contributed by atoms with Crippen LogP contribution in [0, 0.1) is 0 Å². The van der Waals surface area contributed by atoms with Crippen LogP contribution in [0.3, 0.4) is 0 Å². The van der Waals surface area contributed by atoms with Crippen molar-refractivity contribution in [3.05, 3.63) is 82.8 Å². The van der Waals surface area contributed by atoms with Gasteiger partial charge in [0.15, 0.2) is 5.13 Å². The van der Waals surface area contributed by atoms with Crippen LogP contribution in [-0.2, 0) is 10.0 Å². The van der Waals surface area contributed by atoms with Gasteiger partial charge in [-0.05, 0) is 54.6 Å². The summed E-state index contributed by atoms with van der Waals surface area (Å²) in [4.78, 5) is 22.0. The number of piperazine rings is 1. The molecule has 1 aliphatic heterocycles. The van der Waals surface area contributed by atoms with Crippen molar-refractivity contribution < 1.29 is 13.2 Å². The maximum absolute atomic E-state index is 13.1. The van der Waals surface area contributed by atoms with Gasteiger partial charge in [-0.3, -0.25) is 9.10 Å². The number of hydrogen-bond acceptors (Lipinski definition) is 6. The molecule has 1 saturated heterocycles. The number of thiazole rings is 1. The quantitative estimate of drug-likeness (QED) is 0.343.